The van der Waals surface area contributed by atoms with E-state index in [1.54, 1.807) is 0 Å². The Bertz CT molecular complexity index is 564. The zero-order valence-corrected chi connectivity index (χ0v) is 12.8. The number of hydrogen-bond acceptors (Lipinski definition) is 2. The van der Waals surface area contributed by atoms with Gasteiger partial charge in [0.15, 0.2) is 5.78 Å². The van der Waals surface area contributed by atoms with Crippen molar-refractivity contribution >= 4 is 11.7 Å². The van der Waals surface area contributed by atoms with Gasteiger partial charge >= 0.3 is 0 Å². The van der Waals surface area contributed by atoms with Crippen LogP contribution in [0.15, 0.2) is 30.3 Å². The predicted octanol–water partition coefficient (Wildman–Crippen LogP) is 2.74. The molecule has 1 amide bonds. The van der Waals surface area contributed by atoms with Gasteiger partial charge in [0.05, 0.1) is 0 Å². The van der Waals surface area contributed by atoms with E-state index in [1.807, 2.05) is 32.0 Å². The lowest BCUT2D eigenvalue weighted by Crippen LogP contribution is -2.47. The van der Waals surface area contributed by atoms with Crippen LogP contribution >= 0.6 is 0 Å². The van der Waals surface area contributed by atoms with Crippen molar-refractivity contribution in [3.63, 3.8) is 0 Å². The number of rotatable bonds is 4. The smallest absolute Gasteiger partial charge is 0.233 e. The normalized spacial score (nSPS) is 29.6. The van der Waals surface area contributed by atoms with Crippen LogP contribution in [0.5, 0.6) is 0 Å². The highest BCUT2D eigenvalue weighted by atomic mass is 16.2. The summed E-state index contributed by atoms with van der Waals surface area (Å²) < 4.78 is 0. The van der Waals surface area contributed by atoms with Crippen molar-refractivity contribution in [1.82, 2.24) is 5.32 Å². The average Bonchev–Trinajstić information content (AvgIpc) is 3.00. The second-order valence-electron chi connectivity index (χ2n) is 7.06. The lowest BCUT2D eigenvalue weighted by molar-refractivity contribution is -0.145. The molecule has 0 heterocycles. The molecule has 2 bridgehead atoms. The molecule has 1 N–H and O–H groups in total. The first-order valence-electron chi connectivity index (χ1n) is 7.84. The van der Waals surface area contributed by atoms with Crippen LogP contribution in [0.3, 0.4) is 0 Å². The molecule has 0 unspecified atom stereocenters. The van der Waals surface area contributed by atoms with Crippen LogP contribution < -0.4 is 5.32 Å². The monoisotopic (exact) mass is 285 g/mol. The summed E-state index contributed by atoms with van der Waals surface area (Å²) in [5, 5.41) is 3.00. The molecule has 0 saturated heterocycles. The van der Waals surface area contributed by atoms with E-state index in [1.165, 1.54) is 5.56 Å². The maximum absolute atomic E-state index is 12.6. The third-order valence-corrected chi connectivity index (χ3v) is 5.53. The molecule has 0 radical (unpaired) electrons. The Kier molecular flexibility index (Phi) is 3.39. The Hall–Kier alpha value is -1.64. The van der Waals surface area contributed by atoms with Gasteiger partial charge in [0.1, 0.15) is 5.41 Å². The van der Waals surface area contributed by atoms with E-state index in [4.69, 9.17) is 0 Å². The first-order chi connectivity index (χ1) is 9.97. The lowest BCUT2D eigenvalue weighted by atomic mass is 9.70. The third kappa shape index (κ3) is 2.19. The molecule has 2 aliphatic rings. The molecular weight excluding hydrogens is 262 g/mol. The second kappa shape index (κ2) is 4.97. The molecule has 1 aromatic rings. The molecule has 3 rings (SSSR count). The minimum Gasteiger partial charge on any atom is -0.355 e. The Balaban J connectivity index is 1.62. The molecule has 0 aliphatic heterocycles. The van der Waals surface area contributed by atoms with Crippen molar-refractivity contribution in [3.05, 3.63) is 35.9 Å². The van der Waals surface area contributed by atoms with Gasteiger partial charge in [-0.2, -0.15) is 0 Å². The Morgan fingerprint density at radius 3 is 2.62 bits per heavy atom. The van der Waals surface area contributed by atoms with Crippen molar-refractivity contribution in [1.29, 1.82) is 0 Å². The van der Waals surface area contributed by atoms with E-state index < -0.39 is 5.41 Å². The fourth-order valence-corrected chi connectivity index (χ4v) is 4.11. The highest BCUT2D eigenvalue weighted by Crippen LogP contribution is 2.60. The Morgan fingerprint density at radius 2 is 2.00 bits per heavy atom. The number of carbonyl (C=O) groups excluding carboxylic acids is 2. The Morgan fingerprint density at radius 1 is 1.29 bits per heavy atom. The van der Waals surface area contributed by atoms with Gasteiger partial charge in [-0.1, -0.05) is 44.2 Å². The van der Waals surface area contributed by atoms with E-state index in [-0.39, 0.29) is 17.1 Å². The van der Waals surface area contributed by atoms with E-state index in [9.17, 15) is 9.59 Å². The zero-order valence-electron chi connectivity index (χ0n) is 12.8. The van der Waals surface area contributed by atoms with Crippen molar-refractivity contribution in [3.8, 4) is 0 Å². The number of benzene rings is 1. The summed E-state index contributed by atoms with van der Waals surface area (Å²) in [6, 6.07) is 10.1. The number of nitrogens with one attached hydrogen (secondary N) is 1. The summed E-state index contributed by atoms with van der Waals surface area (Å²) in [5.74, 6) is 0.491. The van der Waals surface area contributed by atoms with Gasteiger partial charge in [-0.3, -0.25) is 9.59 Å². The van der Waals surface area contributed by atoms with Crippen LogP contribution in [0.2, 0.25) is 0 Å². The molecule has 2 saturated carbocycles. The molecule has 3 nitrogen and oxygen atoms in total. The maximum atomic E-state index is 12.6. The SMILES string of the molecule is CC1(C)C(=O)[C@@]2(C(=O)NCCc3ccccc3)CC[C@@H]1C2. The molecule has 21 heavy (non-hydrogen) atoms. The van der Waals surface area contributed by atoms with Crippen LogP contribution in [-0.2, 0) is 16.0 Å². The summed E-state index contributed by atoms with van der Waals surface area (Å²) in [6.45, 7) is 4.60. The number of fused-ring (bicyclic) bond motifs is 2. The largest absolute Gasteiger partial charge is 0.355 e. The number of ketones is 1. The van der Waals surface area contributed by atoms with Crippen LogP contribution in [0, 0.1) is 16.7 Å². The first-order valence-corrected chi connectivity index (χ1v) is 7.84. The van der Waals surface area contributed by atoms with Gasteiger partial charge in [-0.25, -0.2) is 0 Å². The number of Topliss-reactive ketones (excluding diaryl/α,β-unsaturated/α-hetero) is 1. The first kappa shape index (κ1) is 14.3. The van der Waals surface area contributed by atoms with Gasteiger partial charge < -0.3 is 5.32 Å². The quantitative estimate of drug-likeness (QED) is 0.865. The maximum Gasteiger partial charge on any atom is 0.233 e. The summed E-state index contributed by atoms with van der Waals surface area (Å²) in [7, 11) is 0. The van der Waals surface area contributed by atoms with Gasteiger partial charge in [-0.05, 0) is 37.2 Å². The zero-order chi connectivity index (χ0) is 15.1. The van der Waals surface area contributed by atoms with Crippen molar-refractivity contribution in [2.75, 3.05) is 6.54 Å². The average molecular weight is 285 g/mol. The van der Waals surface area contributed by atoms with Crippen molar-refractivity contribution in [2.24, 2.45) is 16.7 Å². The summed E-state index contributed by atoms with van der Waals surface area (Å²) in [5.41, 5.74) is 0.151. The molecule has 3 heteroatoms. The summed E-state index contributed by atoms with van der Waals surface area (Å²) >= 11 is 0. The molecule has 1 aromatic carbocycles. The fourth-order valence-electron chi connectivity index (χ4n) is 4.11. The van der Waals surface area contributed by atoms with E-state index in [0.29, 0.717) is 12.5 Å². The van der Waals surface area contributed by atoms with Crippen molar-refractivity contribution in [2.45, 2.75) is 39.5 Å². The molecule has 0 spiro atoms. The number of carbonyl (C=O) groups is 2. The van der Waals surface area contributed by atoms with Gasteiger partial charge in [0, 0.05) is 12.0 Å². The Labute approximate surface area is 126 Å². The third-order valence-electron chi connectivity index (χ3n) is 5.53. The van der Waals surface area contributed by atoms with E-state index >= 15 is 0 Å². The van der Waals surface area contributed by atoms with Crippen LogP contribution in [0.25, 0.3) is 0 Å². The highest BCUT2D eigenvalue weighted by molar-refractivity contribution is 6.10. The topological polar surface area (TPSA) is 46.2 Å². The number of hydrogen-bond donors (Lipinski definition) is 1. The highest BCUT2D eigenvalue weighted by Gasteiger charge is 2.64. The predicted molar refractivity (Wildman–Crippen MR) is 81.7 cm³/mol. The van der Waals surface area contributed by atoms with Gasteiger partial charge in [0.25, 0.3) is 0 Å². The summed E-state index contributed by atoms with van der Waals surface area (Å²) in [4.78, 5) is 25.2. The standard InChI is InChI=1S/C18H23NO2/c1-17(2)14-8-10-18(12-14,15(17)20)16(21)19-11-9-13-6-4-3-5-7-13/h3-7,14H,8-12H2,1-2H3,(H,19,21)/t14-,18-/m1/s1. The second-order valence-corrected chi connectivity index (χ2v) is 7.06. The molecular formula is C18H23NO2. The fraction of sp³-hybridized carbons (Fsp3) is 0.556. The van der Waals surface area contributed by atoms with Crippen molar-refractivity contribution < 1.29 is 9.59 Å². The van der Waals surface area contributed by atoms with E-state index in [2.05, 4.69) is 17.4 Å². The van der Waals surface area contributed by atoms with Crippen LogP contribution in [-0.4, -0.2) is 18.2 Å². The van der Waals surface area contributed by atoms with E-state index in [0.717, 1.165) is 25.7 Å². The molecule has 2 fully saturated rings. The molecule has 0 aromatic heterocycles. The molecule has 112 valence electrons. The number of amides is 1. The summed E-state index contributed by atoms with van der Waals surface area (Å²) in [6.07, 6.45) is 3.29. The van der Waals surface area contributed by atoms with Crippen LogP contribution in [0.1, 0.15) is 38.7 Å². The minimum atomic E-state index is -0.731. The van der Waals surface area contributed by atoms with Gasteiger partial charge in [-0.15, -0.1) is 0 Å². The molecule has 2 aliphatic carbocycles. The minimum absolute atomic E-state index is 0.0449. The molecule has 2 atom stereocenters. The van der Waals surface area contributed by atoms with Gasteiger partial charge in [0.2, 0.25) is 5.91 Å². The lowest BCUT2D eigenvalue weighted by Gasteiger charge is -2.32. The van der Waals surface area contributed by atoms with Crippen LogP contribution in [0.4, 0.5) is 0 Å².